The zero-order chi connectivity index (χ0) is 20.2. The Morgan fingerprint density at radius 2 is 1.72 bits per heavy atom. The summed E-state index contributed by atoms with van der Waals surface area (Å²) in [6, 6.07) is 18.0. The molecule has 1 aromatic heterocycles. The Balaban J connectivity index is 1.30. The first kappa shape index (κ1) is 19.2. The molecule has 2 N–H and O–H groups in total. The standard InChI is InChI=1S/C24H27N3O2/c1-17-21(20-9-5-6-10-22(20)26-17)15-23(28)27-13-11-19(12-14-27)24(29)25-16-18-7-3-2-4-8-18/h2-10,19,26H,11-16H2,1H3,(H,25,29). The van der Waals surface area contributed by atoms with Gasteiger partial charge in [-0.3, -0.25) is 9.59 Å². The van der Waals surface area contributed by atoms with Gasteiger partial charge in [-0.1, -0.05) is 48.5 Å². The zero-order valence-electron chi connectivity index (χ0n) is 16.8. The molecule has 4 rings (SSSR count). The smallest absolute Gasteiger partial charge is 0.227 e. The summed E-state index contributed by atoms with van der Waals surface area (Å²) >= 11 is 0. The predicted octanol–water partition coefficient (Wildman–Crippen LogP) is 3.57. The van der Waals surface area contributed by atoms with Crippen LogP contribution < -0.4 is 5.32 Å². The van der Waals surface area contributed by atoms with Crippen molar-refractivity contribution in [1.29, 1.82) is 0 Å². The molecule has 0 spiro atoms. The van der Waals surface area contributed by atoms with Gasteiger partial charge in [-0.05, 0) is 37.0 Å². The number of nitrogens with one attached hydrogen (secondary N) is 2. The van der Waals surface area contributed by atoms with Gasteiger partial charge in [-0.15, -0.1) is 0 Å². The number of carbonyl (C=O) groups excluding carboxylic acids is 2. The number of fused-ring (bicyclic) bond motifs is 1. The van der Waals surface area contributed by atoms with Crippen molar-refractivity contribution in [2.24, 2.45) is 5.92 Å². The largest absolute Gasteiger partial charge is 0.358 e. The summed E-state index contributed by atoms with van der Waals surface area (Å²) in [6.07, 6.45) is 1.85. The SMILES string of the molecule is Cc1[nH]c2ccccc2c1CC(=O)N1CCC(C(=O)NCc2ccccc2)CC1. The third-order valence-electron chi connectivity index (χ3n) is 5.88. The van der Waals surface area contributed by atoms with Gasteiger partial charge in [0.05, 0.1) is 6.42 Å². The Kier molecular flexibility index (Phi) is 5.65. The van der Waals surface area contributed by atoms with Gasteiger partial charge in [0.2, 0.25) is 11.8 Å². The van der Waals surface area contributed by atoms with Gasteiger partial charge < -0.3 is 15.2 Å². The Bertz CT molecular complexity index is 1000. The highest BCUT2D eigenvalue weighted by atomic mass is 16.2. The van der Waals surface area contributed by atoms with E-state index >= 15 is 0 Å². The summed E-state index contributed by atoms with van der Waals surface area (Å²) in [5, 5.41) is 4.15. The number of carbonyl (C=O) groups is 2. The maximum absolute atomic E-state index is 12.9. The molecule has 1 aliphatic rings. The number of benzene rings is 2. The molecule has 150 valence electrons. The fourth-order valence-electron chi connectivity index (χ4n) is 4.15. The van der Waals surface area contributed by atoms with E-state index in [4.69, 9.17) is 0 Å². The minimum atomic E-state index is -0.0161. The quantitative estimate of drug-likeness (QED) is 0.701. The van der Waals surface area contributed by atoms with E-state index in [-0.39, 0.29) is 17.7 Å². The molecule has 0 radical (unpaired) electrons. The van der Waals surface area contributed by atoms with Crippen molar-refractivity contribution in [2.45, 2.75) is 32.7 Å². The van der Waals surface area contributed by atoms with Crippen LogP contribution in [0.4, 0.5) is 0 Å². The highest BCUT2D eigenvalue weighted by molar-refractivity contribution is 5.90. The van der Waals surface area contributed by atoms with Crippen molar-refractivity contribution in [1.82, 2.24) is 15.2 Å². The highest BCUT2D eigenvalue weighted by Crippen LogP contribution is 2.24. The van der Waals surface area contributed by atoms with Crippen LogP contribution in [0.25, 0.3) is 10.9 Å². The fourth-order valence-corrected chi connectivity index (χ4v) is 4.15. The Labute approximate surface area is 171 Å². The third-order valence-corrected chi connectivity index (χ3v) is 5.88. The Morgan fingerprint density at radius 3 is 2.48 bits per heavy atom. The van der Waals surface area contributed by atoms with E-state index in [2.05, 4.69) is 16.4 Å². The lowest BCUT2D eigenvalue weighted by molar-refractivity contribution is -0.135. The van der Waals surface area contributed by atoms with Crippen LogP contribution in [0.5, 0.6) is 0 Å². The van der Waals surface area contributed by atoms with E-state index < -0.39 is 0 Å². The summed E-state index contributed by atoms with van der Waals surface area (Å²) < 4.78 is 0. The number of H-pyrrole nitrogens is 1. The number of hydrogen-bond donors (Lipinski definition) is 2. The summed E-state index contributed by atoms with van der Waals surface area (Å²) in [5.41, 5.74) is 4.30. The average Bonchev–Trinajstić information content (AvgIpc) is 3.08. The van der Waals surface area contributed by atoms with Crippen molar-refractivity contribution >= 4 is 22.7 Å². The van der Waals surface area contributed by atoms with E-state index in [9.17, 15) is 9.59 Å². The van der Waals surface area contributed by atoms with Crippen molar-refractivity contribution < 1.29 is 9.59 Å². The number of piperidine rings is 1. The molecule has 29 heavy (non-hydrogen) atoms. The number of likely N-dealkylation sites (tertiary alicyclic amines) is 1. The molecule has 2 amide bonds. The molecular formula is C24H27N3O2. The van der Waals surface area contributed by atoms with Crippen molar-refractivity contribution in [3.63, 3.8) is 0 Å². The molecule has 3 aromatic rings. The zero-order valence-corrected chi connectivity index (χ0v) is 16.8. The van der Waals surface area contributed by atoms with Crippen LogP contribution in [0.2, 0.25) is 0 Å². The average molecular weight is 389 g/mol. The first-order valence-electron chi connectivity index (χ1n) is 10.3. The lowest BCUT2D eigenvalue weighted by Crippen LogP contribution is -2.43. The van der Waals surface area contributed by atoms with Gasteiger partial charge in [0.25, 0.3) is 0 Å². The van der Waals surface area contributed by atoms with E-state index in [1.54, 1.807) is 0 Å². The van der Waals surface area contributed by atoms with Crippen LogP contribution in [0.1, 0.15) is 29.7 Å². The van der Waals surface area contributed by atoms with Crippen LogP contribution in [0.3, 0.4) is 0 Å². The minimum Gasteiger partial charge on any atom is -0.358 e. The van der Waals surface area contributed by atoms with Crippen LogP contribution in [-0.2, 0) is 22.6 Å². The van der Waals surface area contributed by atoms with E-state index in [1.807, 2.05) is 60.4 Å². The molecule has 0 aliphatic carbocycles. The van der Waals surface area contributed by atoms with Crippen molar-refractivity contribution in [3.05, 3.63) is 71.4 Å². The van der Waals surface area contributed by atoms with Gasteiger partial charge in [-0.25, -0.2) is 0 Å². The van der Waals surface area contributed by atoms with Crippen LogP contribution in [0, 0.1) is 12.8 Å². The Morgan fingerprint density at radius 1 is 1.03 bits per heavy atom. The molecule has 2 heterocycles. The molecule has 0 bridgehead atoms. The number of aromatic nitrogens is 1. The number of aromatic amines is 1. The van der Waals surface area contributed by atoms with Gasteiger partial charge in [-0.2, -0.15) is 0 Å². The summed E-state index contributed by atoms with van der Waals surface area (Å²) in [5.74, 6) is 0.215. The second kappa shape index (κ2) is 8.52. The maximum Gasteiger partial charge on any atom is 0.227 e. The number of hydrogen-bond acceptors (Lipinski definition) is 2. The molecule has 0 saturated carbocycles. The summed E-state index contributed by atoms with van der Waals surface area (Å²) in [6.45, 7) is 3.86. The fraction of sp³-hybridized carbons (Fsp3) is 0.333. The first-order valence-corrected chi connectivity index (χ1v) is 10.3. The molecule has 0 atom stereocenters. The minimum absolute atomic E-state index is 0.0161. The topological polar surface area (TPSA) is 65.2 Å². The summed E-state index contributed by atoms with van der Waals surface area (Å²) in [4.78, 5) is 30.6. The molecule has 5 heteroatoms. The van der Waals surface area contributed by atoms with E-state index in [1.165, 1.54) is 0 Å². The number of nitrogens with zero attached hydrogens (tertiary/aromatic N) is 1. The van der Waals surface area contributed by atoms with Gasteiger partial charge >= 0.3 is 0 Å². The normalized spacial score (nSPS) is 14.9. The van der Waals surface area contributed by atoms with Crippen LogP contribution in [-0.4, -0.2) is 34.8 Å². The monoisotopic (exact) mass is 389 g/mol. The summed E-state index contributed by atoms with van der Waals surface area (Å²) in [7, 11) is 0. The first-order chi connectivity index (χ1) is 14.1. The van der Waals surface area contributed by atoms with Gasteiger partial charge in [0.15, 0.2) is 0 Å². The molecule has 0 unspecified atom stereocenters. The molecule has 1 aliphatic heterocycles. The number of rotatable bonds is 5. The molecule has 1 saturated heterocycles. The van der Waals surface area contributed by atoms with E-state index in [0.717, 1.165) is 40.6 Å². The number of para-hydroxylation sites is 1. The van der Waals surface area contributed by atoms with Crippen LogP contribution >= 0.6 is 0 Å². The van der Waals surface area contributed by atoms with Gasteiger partial charge in [0, 0.05) is 42.1 Å². The second-order valence-corrected chi connectivity index (χ2v) is 7.81. The van der Waals surface area contributed by atoms with Crippen molar-refractivity contribution in [3.8, 4) is 0 Å². The Hall–Kier alpha value is -3.08. The van der Waals surface area contributed by atoms with Gasteiger partial charge in [0.1, 0.15) is 0 Å². The number of aryl methyl sites for hydroxylation is 1. The number of amides is 2. The molecule has 5 nitrogen and oxygen atoms in total. The van der Waals surface area contributed by atoms with Crippen LogP contribution in [0.15, 0.2) is 54.6 Å². The maximum atomic E-state index is 12.9. The van der Waals surface area contributed by atoms with E-state index in [0.29, 0.717) is 26.1 Å². The predicted molar refractivity (Wildman–Crippen MR) is 114 cm³/mol. The lowest BCUT2D eigenvalue weighted by Gasteiger charge is -2.31. The van der Waals surface area contributed by atoms with Crippen molar-refractivity contribution in [2.75, 3.05) is 13.1 Å². The second-order valence-electron chi connectivity index (χ2n) is 7.81. The highest BCUT2D eigenvalue weighted by Gasteiger charge is 2.27. The lowest BCUT2D eigenvalue weighted by atomic mass is 9.95. The third kappa shape index (κ3) is 4.34. The molecule has 1 fully saturated rings. The molecule has 2 aromatic carbocycles. The molecular weight excluding hydrogens is 362 g/mol.